The number of aromatic nitrogens is 2. The number of Topliss-reactive ketones (excluding diaryl/α,β-unsaturated/α-hetero) is 1. The standard InChI is InChI=1S/C16H20N2OS/c1-5-6-14-16(20-18-17-14)15(19)9-13-11(3)7-10(2)8-12(13)4/h7-8H,5-6,9H2,1-4H3. The smallest absolute Gasteiger partial charge is 0.180 e. The fourth-order valence-corrected chi connectivity index (χ4v) is 3.19. The summed E-state index contributed by atoms with van der Waals surface area (Å²) in [6, 6.07) is 4.26. The number of nitrogens with zero attached hydrogens (tertiary/aromatic N) is 2. The maximum atomic E-state index is 12.5. The van der Waals surface area contributed by atoms with Crippen LogP contribution in [0, 0.1) is 20.8 Å². The normalized spacial score (nSPS) is 10.8. The van der Waals surface area contributed by atoms with Crippen LogP contribution in [0.2, 0.25) is 0 Å². The molecule has 0 unspecified atom stereocenters. The van der Waals surface area contributed by atoms with Gasteiger partial charge < -0.3 is 0 Å². The number of carbonyl (C=O) groups is 1. The van der Waals surface area contributed by atoms with Crippen LogP contribution in [0.25, 0.3) is 0 Å². The molecule has 4 heteroatoms. The van der Waals surface area contributed by atoms with E-state index in [1.807, 2.05) is 0 Å². The van der Waals surface area contributed by atoms with E-state index < -0.39 is 0 Å². The van der Waals surface area contributed by atoms with Crippen molar-refractivity contribution in [3.05, 3.63) is 45.0 Å². The fourth-order valence-electron chi connectivity index (χ4n) is 2.55. The summed E-state index contributed by atoms with van der Waals surface area (Å²) in [5, 5.41) is 4.08. The third-order valence-corrected chi connectivity index (χ3v) is 4.28. The van der Waals surface area contributed by atoms with Gasteiger partial charge in [0, 0.05) is 6.42 Å². The Morgan fingerprint density at radius 2 is 1.85 bits per heavy atom. The highest BCUT2D eigenvalue weighted by molar-refractivity contribution is 7.08. The second-order valence-electron chi connectivity index (χ2n) is 5.28. The van der Waals surface area contributed by atoms with Crippen LogP contribution in [0.3, 0.4) is 0 Å². The summed E-state index contributed by atoms with van der Waals surface area (Å²) < 4.78 is 3.93. The predicted molar refractivity (Wildman–Crippen MR) is 82.6 cm³/mol. The molecule has 1 aromatic heterocycles. The minimum atomic E-state index is 0.138. The Kier molecular flexibility index (Phi) is 4.65. The van der Waals surface area contributed by atoms with Crippen molar-refractivity contribution in [2.75, 3.05) is 0 Å². The van der Waals surface area contributed by atoms with Crippen molar-refractivity contribution in [2.24, 2.45) is 0 Å². The molecule has 2 rings (SSSR count). The molecule has 106 valence electrons. The highest BCUT2D eigenvalue weighted by Gasteiger charge is 2.17. The van der Waals surface area contributed by atoms with Gasteiger partial charge in [0.25, 0.3) is 0 Å². The number of rotatable bonds is 5. The van der Waals surface area contributed by atoms with E-state index in [2.05, 4.69) is 49.4 Å². The molecule has 0 amide bonds. The van der Waals surface area contributed by atoms with E-state index in [4.69, 9.17) is 0 Å². The molecule has 2 aromatic rings. The molecule has 0 spiro atoms. The first-order valence-corrected chi connectivity index (χ1v) is 7.71. The number of benzene rings is 1. The SMILES string of the molecule is CCCc1nnsc1C(=O)Cc1c(C)cc(C)cc1C. The van der Waals surface area contributed by atoms with Gasteiger partial charge in [-0.25, -0.2) is 0 Å². The zero-order valence-corrected chi connectivity index (χ0v) is 13.3. The largest absolute Gasteiger partial charge is 0.293 e. The maximum Gasteiger partial charge on any atom is 0.180 e. The zero-order valence-electron chi connectivity index (χ0n) is 12.5. The van der Waals surface area contributed by atoms with Crippen LogP contribution in [-0.4, -0.2) is 15.4 Å². The van der Waals surface area contributed by atoms with Crippen molar-refractivity contribution in [1.29, 1.82) is 0 Å². The lowest BCUT2D eigenvalue weighted by molar-refractivity contribution is 0.0995. The molecule has 0 aliphatic heterocycles. The third-order valence-electron chi connectivity index (χ3n) is 3.47. The van der Waals surface area contributed by atoms with Crippen LogP contribution in [0.5, 0.6) is 0 Å². The summed E-state index contributed by atoms with van der Waals surface area (Å²) in [7, 11) is 0. The van der Waals surface area contributed by atoms with Crippen LogP contribution in [-0.2, 0) is 12.8 Å². The molecule has 0 saturated heterocycles. The minimum Gasteiger partial charge on any atom is -0.293 e. The number of hydrogen-bond acceptors (Lipinski definition) is 4. The highest BCUT2D eigenvalue weighted by Crippen LogP contribution is 2.21. The van der Waals surface area contributed by atoms with Gasteiger partial charge in [0.15, 0.2) is 5.78 Å². The van der Waals surface area contributed by atoms with Gasteiger partial charge in [-0.05, 0) is 55.4 Å². The number of carbonyl (C=O) groups excluding carboxylic acids is 1. The van der Waals surface area contributed by atoms with Crippen molar-refractivity contribution in [2.45, 2.75) is 47.0 Å². The van der Waals surface area contributed by atoms with Gasteiger partial charge in [0.05, 0.1) is 5.69 Å². The van der Waals surface area contributed by atoms with Crippen LogP contribution >= 0.6 is 11.5 Å². The van der Waals surface area contributed by atoms with Crippen molar-refractivity contribution < 1.29 is 4.79 Å². The molecule has 0 atom stereocenters. The molecule has 3 nitrogen and oxygen atoms in total. The summed E-state index contributed by atoms with van der Waals surface area (Å²) in [5.41, 5.74) is 5.60. The Morgan fingerprint density at radius 1 is 1.20 bits per heavy atom. The first-order valence-electron chi connectivity index (χ1n) is 6.94. The molecule has 20 heavy (non-hydrogen) atoms. The molecule has 0 saturated carbocycles. The quantitative estimate of drug-likeness (QED) is 0.785. The van der Waals surface area contributed by atoms with Crippen LogP contribution < -0.4 is 0 Å². The molecule has 0 fully saturated rings. The Hall–Kier alpha value is -1.55. The molecule has 0 N–H and O–H groups in total. The Morgan fingerprint density at radius 3 is 2.45 bits per heavy atom. The van der Waals surface area contributed by atoms with E-state index >= 15 is 0 Å². The fraction of sp³-hybridized carbons (Fsp3) is 0.438. The average molecular weight is 288 g/mol. The van der Waals surface area contributed by atoms with E-state index in [1.54, 1.807) is 0 Å². The van der Waals surface area contributed by atoms with E-state index in [1.165, 1.54) is 28.2 Å². The molecular weight excluding hydrogens is 268 g/mol. The number of aryl methyl sites for hydroxylation is 4. The highest BCUT2D eigenvalue weighted by atomic mass is 32.1. The lowest BCUT2D eigenvalue weighted by Crippen LogP contribution is -2.08. The van der Waals surface area contributed by atoms with Gasteiger partial charge in [-0.1, -0.05) is 35.5 Å². The third kappa shape index (κ3) is 3.12. The summed E-state index contributed by atoms with van der Waals surface area (Å²) in [5.74, 6) is 0.138. The van der Waals surface area contributed by atoms with Crippen LogP contribution in [0.15, 0.2) is 12.1 Å². The van der Waals surface area contributed by atoms with E-state index in [-0.39, 0.29) is 5.78 Å². The van der Waals surface area contributed by atoms with Crippen molar-refractivity contribution in [3.63, 3.8) is 0 Å². The van der Waals surface area contributed by atoms with Gasteiger partial charge >= 0.3 is 0 Å². The summed E-state index contributed by atoms with van der Waals surface area (Å²) in [6.07, 6.45) is 2.25. The number of hydrogen-bond donors (Lipinski definition) is 0. The molecule has 1 heterocycles. The van der Waals surface area contributed by atoms with Gasteiger partial charge in [0.2, 0.25) is 0 Å². The molecule has 0 bridgehead atoms. The molecule has 1 aromatic carbocycles. The summed E-state index contributed by atoms with van der Waals surface area (Å²) in [4.78, 5) is 13.2. The van der Waals surface area contributed by atoms with Crippen molar-refractivity contribution in [3.8, 4) is 0 Å². The average Bonchev–Trinajstić information content (AvgIpc) is 2.82. The van der Waals surface area contributed by atoms with Gasteiger partial charge in [0.1, 0.15) is 4.88 Å². The van der Waals surface area contributed by atoms with E-state index in [0.717, 1.165) is 29.0 Å². The monoisotopic (exact) mass is 288 g/mol. The van der Waals surface area contributed by atoms with Crippen molar-refractivity contribution >= 4 is 17.3 Å². The van der Waals surface area contributed by atoms with Gasteiger partial charge in [-0.15, -0.1) is 5.10 Å². The zero-order chi connectivity index (χ0) is 14.7. The Labute approximate surface area is 124 Å². The molecule has 0 radical (unpaired) electrons. The van der Waals surface area contributed by atoms with Gasteiger partial charge in [-0.2, -0.15) is 0 Å². The summed E-state index contributed by atoms with van der Waals surface area (Å²) >= 11 is 1.22. The Bertz CT molecular complexity index is 608. The second kappa shape index (κ2) is 6.27. The lowest BCUT2D eigenvalue weighted by atomic mass is 9.95. The second-order valence-corrected chi connectivity index (χ2v) is 6.03. The van der Waals surface area contributed by atoms with Crippen LogP contribution in [0.1, 0.15) is 51.0 Å². The molecule has 0 aliphatic carbocycles. The minimum absolute atomic E-state index is 0.138. The first kappa shape index (κ1) is 14.9. The Balaban J connectivity index is 2.26. The summed E-state index contributed by atoms with van der Waals surface area (Å²) in [6.45, 7) is 8.31. The molecule has 0 aliphatic rings. The molecular formula is C16H20N2OS. The van der Waals surface area contributed by atoms with E-state index in [9.17, 15) is 4.79 Å². The lowest BCUT2D eigenvalue weighted by Gasteiger charge is -2.10. The first-order chi connectivity index (χ1) is 9.52. The van der Waals surface area contributed by atoms with Crippen LogP contribution in [0.4, 0.5) is 0 Å². The predicted octanol–water partition coefficient (Wildman–Crippen LogP) is 3.84. The maximum absolute atomic E-state index is 12.5. The topological polar surface area (TPSA) is 42.9 Å². The van der Waals surface area contributed by atoms with E-state index in [0.29, 0.717) is 6.42 Å². The van der Waals surface area contributed by atoms with Crippen molar-refractivity contribution in [1.82, 2.24) is 9.59 Å². The number of ketones is 1. The van der Waals surface area contributed by atoms with Gasteiger partial charge in [-0.3, -0.25) is 4.79 Å².